The van der Waals surface area contributed by atoms with Gasteiger partial charge in [0.05, 0.1) is 11.3 Å². The van der Waals surface area contributed by atoms with E-state index >= 15 is 0 Å². The van der Waals surface area contributed by atoms with Crippen LogP contribution in [0.15, 0.2) is 12.1 Å². The van der Waals surface area contributed by atoms with Crippen LogP contribution < -0.4 is 5.32 Å². The number of hydrogen-bond donors (Lipinski definition) is 1. The fourth-order valence-corrected chi connectivity index (χ4v) is 3.15. The molecule has 0 bridgehead atoms. The first-order valence-electron chi connectivity index (χ1n) is 6.33. The second-order valence-electron chi connectivity index (χ2n) is 4.75. The molecule has 5 heteroatoms. The van der Waals surface area contributed by atoms with Crippen LogP contribution in [-0.2, 0) is 0 Å². The monoisotopic (exact) mass is 282 g/mol. The summed E-state index contributed by atoms with van der Waals surface area (Å²) in [5.41, 5.74) is -0.0988. The van der Waals surface area contributed by atoms with E-state index in [0.29, 0.717) is 5.25 Å². The minimum absolute atomic E-state index is 0.157. The predicted molar refractivity (Wildman–Crippen MR) is 74.3 cm³/mol. The third-order valence-corrected chi connectivity index (χ3v) is 4.71. The molecule has 1 aromatic rings. The SMILES string of the molecule is CSC1CCC(Nc2ccc(C#N)c(F)c2F)CC1. The van der Waals surface area contributed by atoms with E-state index in [9.17, 15) is 8.78 Å². The number of hydrogen-bond acceptors (Lipinski definition) is 3. The lowest BCUT2D eigenvalue weighted by molar-refractivity contribution is 0.466. The largest absolute Gasteiger partial charge is 0.380 e. The van der Waals surface area contributed by atoms with Crippen molar-refractivity contribution in [2.75, 3.05) is 11.6 Å². The van der Waals surface area contributed by atoms with E-state index in [0.717, 1.165) is 25.7 Å². The first-order chi connectivity index (χ1) is 9.15. The molecule has 0 unspecified atom stereocenters. The summed E-state index contributed by atoms with van der Waals surface area (Å²) in [5.74, 6) is -2.02. The summed E-state index contributed by atoms with van der Waals surface area (Å²) in [7, 11) is 0. The molecule has 2 nitrogen and oxygen atoms in total. The molecular formula is C14H16F2N2S. The number of nitriles is 1. The molecule has 0 radical (unpaired) electrons. The number of benzene rings is 1. The Hall–Kier alpha value is -1.28. The Morgan fingerprint density at radius 2 is 1.89 bits per heavy atom. The number of nitrogens with zero attached hydrogens (tertiary/aromatic N) is 1. The van der Waals surface area contributed by atoms with E-state index in [4.69, 9.17) is 5.26 Å². The molecule has 0 spiro atoms. The Morgan fingerprint density at radius 3 is 2.47 bits per heavy atom. The average Bonchev–Trinajstić information content (AvgIpc) is 2.45. The standard InChI is InChI=1S/C14H16F2N2S/c1-19-11-5-3-10(4-6-11)18-12-7-2-9(8-17)13(15)14(12)16/h2,7,10-11,18H,3-6H2,1H3. The highest BCUT2D eigenvalue weighted by Gasteiger charge is 2.22. The van der Waals surface area contributed by atoms with Gasteiger partial charge in [0.25, 0.3) is 0 Å². The summed E-state index contributed by atoms with van der Waals surface area (Å²) in [6.07, 6.45) is 6.23. The third-order valence-electron chi connectivity index (χ3n) is 3.57. The van der Waals surface area contributed by atoms with Crippen LogP contribution in [0.1, 0.15) is 31.2 Å². The van der Waals surface area contributed by atoms with E-state index in [1.165, 1.54) is 12.1 Å². The summed E-state index contributed by atoms with van der Waals surface area (Å²) in [4.78, 5) is 0. The van der Waals surface area contributed by atoms with Crippen molar-refractivity contribution >= 4 is 17.4 Å². The minimum atomic E-state index is -1.06. The summed E-state index contributed by atoms with van der Waals surface area (Å²) in [6, 6.07) is 4.58. The maximum atomic E-state index is 13.8. The Bertz CT molecular complexity index is 491. The molecule has 1 N–H and O–H groups in total. The normalized spacial score (nSPS) is 22.8. The van der Waals surface area contributed by atoms with Gasteiger partial charge in [-0.05, 0) is 44.1 Å². The van der Waals surface area contributed by atoms with Crippen molar-refractivity contribution in [2.45, 2.75) is 37.0 Å². The van der Waals surface area contributed by atoms with Crippen molar-refractivity contribution in [3.05, 3.63) is 29.3 Å². The van der Waals surface area contributed by atoms with Gasteiger partial charge in [0, 0.05) is 11.3 Å². The Kier molecular flexibility index (Phi) is 4.65. The maximum Gasteiger partial charge on any atom is 0.183 e. The van der Waals surface area contributed by atoms with Crippen LogP contribution in [0, 0.1) is 23.0 Å². The van der Waals surface area contributed by atoms with Gasteiger partial charge in [0.2, 0.25) is 0 Å². The highest BCUT2D eigenvalue weighted by atomic mass is 32.2. The van der Waals surface area contributed by atoms with Gasteiger partial charge in [-0.15, -0.1) is 0 Å². The van der Waals surface area contributed by atoms with Crippen LogP contribution in [0.2, 0.25) is 0 Å². The number of halogens is 2. The fourth-order valence-electron chi connectivity index (χ4n) is 2.41. The topological polar surface area (TPSA) is 35.8 Å². The highest BCUT2D eigenvalue weighted by Crippen LogP contribution is 2.30. The molecule has 0 amide bonds. The van der Waals surface area contributed by atoms with E-state index < -0.39 is 11.6 Å². The lowest BCUT2D eigenvalue weighted by Gasteiger charge is -2.28. The number of rotatable bonds is 3. The predicted octanol–water partition coefficient (Wildman–Crippen LogP) is 3.92. The molecule has 19 heavy (non-hydrogen) atoms. The van der Waals surface area contributed by atoms with Crippen molar-refractivity contribution in [1.29, 1.82) is 5.26 Å². The summed E-state index contributed by atoms with van der Waals surface area (Å²) in [5, 5.41) is 12.4. The van der Waals surface area contributed by atoms with Gasteiger partial charge in [0.15, 0.2) is 11.6 Å². The Labute approximate surface area is 116 Å². The van der Waals surface area contributed by atoms with Crippen molar-refractivity contribution in [3.8, 4) is 6.07 Å². The fraction of sp³-hybridized carbons (Fsp3) is 0.500. The van der Waals surface area contributed by atoms with Gasteiger partial charge < -0.3 is 5.32 Å². The molecule has 102 valence electrons. The van der Waals surface area contributed by atoms with Crippen molar-refractivity contribution in [3.63, 3.8) is 0 Å². The average molecular weight is 282 g/mol. The Morgan fingerprint density at radius 1 is 1.21 bits per heavy atom. The second-order valence-corrected chi connectivity index (χ2v) is 5.89. The van der Waals surface area contributed by atoms with Crippen molar-refractivity contribution in [2.24, 2.45) is 0 Å². The van der Waals surface area contributed by atoms with Crippen LogP contribution in [0.5, 0.6) is 0 Å². The quantitative estimate of drug-likeness (QED) is 0.912. The van der Waals surface area contributed by atoms with Gasteiger partial charge in [-0.3, -0.25) is 0 Å². The van der Waals surface area contributed by atoms with Crippen molar-refractivity contribution in [1.82, 2.24) is 0 Å². The molecule has 0 aromatic heterocycles. The first kappa shape index (κ1) is 14.1. The minimum Gasteiger partial charge on any atom is -0.380 e. The molecular weight excluding hydrogens is 266 g/mol. The molecule has 0 atom stereocenters. The van der Waals surface area contributed by atoms with Gasteiger partial charge in [-0.1, -0.05) is 0 Å². The smallest absolute Gasteiger partial charge is 0.183 e. The second kappa shape index (κ2) is 6.25. The molecule has 0 saturated heterocycles. The molecule has 1 aliphatic carbocycles. The third kappa shape index (κ3) is 3.19. The molecule has 1 aliphatic rings. The van der Waals surface area contributed by atoms with Gasteiger partial charge in [0.1, 0.15) is 6.07 Å². The highest BCUT2D eigenvalue weighted by molar-refractivity contribution is 7.99. The van der Waals surface area contributed by atoms with E-state index in [2.05, 4.69) is 11.6 Å². The lowest BCUT2D eigenvalue weighted by atomic mass is 9.94. The Balaban J connectivity index is 2.05. The van der Waals surface area contributed by atoms with Crippen LogP contribution in [0.25, 0.3) is 0 Å². The summed E-state index contributed by atoms with van der Waals surface area (Å²) < 4.78 is 27.2. The summed E-state index contributed by atoms with van der Waals surface area (Å²) in [6.45, 7) is 0. The van der Waals surface area contributed by atoms with E-state index in [1.807, 2.05) is 11.8 Å². The van der Waals surface area contributed by atoms with Crippen LogP contribution in [0.4, 0.5) is 14.5 Å². The zero-order valence-corrected chi connectivity index (χ0v) is 11.6. The van der Waals surface area contributed by atoms with Gasteiger partial charge in [-0.25, -0.2) is 8.78 Å². The van der Waals surface area contributed by atoms with Gasteiger partial charge in [-0.2, -0.15) is 17.0 Å². The van der Waals surface area contributed by atoms with Crippen LogP contribution >= 0.6 is 11.8 Å². The lowest BCUT2D eigenvalue weighted by Crippen LogP contribution is -2.27. The van der Waals surface area contributed by atoms with Crippen LogP contribution in [-0.4, -0.2) is 17.5 Å². The maximum absolute atomic E-state index is 13.8. The number of anilines is 1. The zero-order chi connectivity index (χ0) is 13.8. The zero-order valence-electron chi connectivity index (χ0n) is 10.7. The molecule has 1 aromatic carbocycles. The molecule has 0 aliphatic heterocycles. The van der Waals surface area contributed by atoms with Gasteiger partial charge >= 0.3 is 0 Å². The molecule has 1 saturated carbocycles. The van der Waals surface area contributed by atoms with Crippen molar-refractivity contribution < 1.29 is 8.78 Å². The summed E-state index contributed by atoms with van der Waals surface area (Å²) >= 11 is 1.87. The van der Waals surface area contributed by atoms with E-state index in [-0.39, 0.29) is 17.3 Å². The number of nitrogens with one attached hydrogen (secondary N) is 1. The molecule has 0 heterocycles. The van der Waals surface area contributed by atoms with E-state index in [1.54, 1.807) is 6.07 Å². The molecule has 1 fully saturated rings. The molecule has 2 rings (SSSR count). The first-order valence-corrected chi connectivity index (χ1v) is 7.62. The van der Waals surface area contributed by atoms with Crippen LogP contribution in [0.3, 0.4) is 0 Å². The number of thioether (sulfide) groups is 1.